The van der Waals surface area contributed by atoms with Crippen LogP contribution < -0.4 is 14.8 Å². The van der Waals surface area contributed by atoms with Crippen molar-refractivity contribution >= 4 is 33.4 Å². The fraction of sp³-hybridized carbons (Fsp3) is 0.471. The third-order valence-corrected chi connectivity index (χ3v) is 5.76. The number of hydrogen-bond acceptors (Lipinski definition) is 5. The Morgan fingerprint density at radius 2 is 2.20 bits per heavy atom. The number of amides is 1. The van der Waals surface area contributed by atoms with E-state index in [1.54, 1.807) is 18.2 Å². The normalized spacial score (nSPS) is 19.1. The zero-order chi connectivity index (χ0) is 18.4. The van der Waals surface area contributed by atoms with Crippen LogP contribution >= 0.6 is 11.6 Å². The number of benzene rings is 1. The molecular formula is C17H22ClNO5S. The number of ether oxygens (including phenoxy) is 2. The first-order chi connectivity index (χ1) is 11.8. The Morgan fingerprint density at radius 1 is 1.44 bits per heavy atom. The number of hydrogen-bond donors (Lipinski definition) is 1. The second kappa shape index (κ2) is 8.58. The molecule has 0 radical (unpaired) electrons. The van der Waals surface area contributed by atoms with E-state index < -0.39 is 9.84 Å². The quantitative estimate of drug-likeness (QED) is 0.727. The second-order valence-electron chi connectivity index (χ2n) is 5.82. The first-order valence-corrected chi connectivity index (χ1v) is 10.2. The lowest BCUT2D eigenvalue weighted by Gasteiger charge is -2.12. The molecule has 1 unspecified atom stereocenters. The molecule has 138 valence electrons. The maximum absolute atomic E-state index is 11.9. The van der Waals surface area contributed by atoms with Gasteiger partial charge in [-0.3, -0.25) is 4.79 Å². The molecule has 1 saturated heterocycles. The Labute approximate surface area is 153 Å². The van der Waals surface area contributed by atoms with Gasteiger partial charge in [0.05, 0.1) is 30.2 Å². The van der Waals surface area contributed by atoms with Crippen LogP contribution in [-0.4, -0.2) is 45.6 Å². The number of nitrogens with one attached hydrogen (secondary N) is 1. The summed E-state index contributed by atoms with van der Waals surface area (Å²) in [5.74, 6) is 0.735. The summed E-state index contributed by atoms with van der Waals surface area (Å²) in [6.45, 7) is 2.52. The Morgan fingerprint density at radius 3 is 2.80 bits per heavy atom. The molecule has 1 aromatic rings. The molecule has 0 bridgehead atoms. The number of carbonyl (C=O) groups excluding carboxylic acids is 1. The minimum Gasteiger partial charge on any atom is -0.493 e. The number of halogens is 1. The monoisotopic (exact) mass is 387 g/mol. The molecule has 1 aromatic carbocycles. The third kappa shape index (κ3) is 5.64. The number of rotatable bonds is 7. The fourth-order valence-electron chi connectivity index (χ4n) is 2.51. The second-order valence-corrected chi connectivity index (χ2v) is 8.46. The van der Waals surface area contributed by atoms with Gasteiger partial charge in [0.15, 0.2) is 21.3 Å². The molecule has 1 amide bonds. The molecule has 0 spiro atoms. The molecule has 1 atom stereocenters. The van der Waals surface area contributed by atoms with Gasteiger partial charge in [-0.1, -0.05) is 18.5 Å². The molecule has 25 heavy (non-hydrogen) atoms. The van der Waals surface area contributed by atoms with Crippen LogP contribution in [0, 0.1) is 0 Å². The highest BCUT2D eigenvalue weighted by Crippen LogP contribution is 2.36. The molecule has 1 heterocycles. The van der Waals surface area contributed by atoms with Gasteiger partial charge in [0, 0.05) is 12.1 Å². The van der Waals surface area contributed by atoms with Crippen molar-refractivity contribution in [3.63, 3.8) is 0 Å². The van der Waals surface area contributed by atoms with E-state index in [2.05, 4.69) is 5.32 Å². The predicted octanol–water partition coefficient (Wildman–Crippen LogP) is 2.45. The minimum absolute atomic E-state index is 0.00427. The van der Waals surface area contributed by atoms with Crippen molar-refractivity contribution in [2.75, 3.05) is 25.2 Å². The van der Waals surface area contributed by atoms with Gasteiger partial charge in [-0.2, -0.15) is 0 Å². The summed E-state index contributed by atoms with van der Waals surface area (Å²) in [5.41, 5.74) is 0.680. The Kier molecular flexibility index (Phi) is 6.72. The molecule has 1 aliphatic rings. The van der Waals surface area contributed by atoms with Crippen molar-refractivity contribution in [2.24, 2.45) is 0 Å². The lowest BCUT2D eigenvalue weighted by molar-refractivity contribution is -0.116. The maximum atomic E-state index is 11.9. The lowest BCUT2D eigenvalue weighted by atomic mass is 10.1. The first kappa shape index (κ1) is 19.6. The molecule has 1 aliphatic heterocycles. The summed E-state index contributed by atoms with van der Waals surface area (Å²) in [7, 11) is -1.50. The highest BCUT2D eigenvalue weighted by atomic mass is 35.5. The van der Waals surface area contributed by atoms with E-state index in [4.69, 9.17) is 21.1 Å². The summed E-state index contributed by atoms with van der Waals surface area (Å²) >= 11 is 6.23. The van der Waals surface area contributed by atoms with Gasteiger partial charge in [0.25, 0.3) is 0 Å². The smallest absolute Gasteiger partial charge is 0.244 e. The van der Waals surface area contributed by atoms with Gasteiger partial charge in [-0.15, -0.1) is 0 Å². The van der Waals surface area contributed by atoms with Gasteiger partial charge in [-0.05, 0) is 36.6 Å². The van der Waals surface area contributed by atoms with Gasteiger partial charge in [-0.25, -0.2) is 8.42 Å². The summed E-state index contributed by atoms with van der Waals surface area (Å²) in [6.07, 6.45) is 4.24. The van der Waals surface area contributed by atoms with Gasteiger partial charge >= 0.3 is 0 Å². The van der Waals surface area contributed by atoms with Crippen molar-refractivity contribution < 1.29 is 22.7 Å². The van der Waals surface area contributed by atoms with Crippen LogP contribution in [0.3, 0.4) is 0 Å². The minimum atomic E-state index is -3.02. The first-order valence-electron chi connectivity index (χ1n) is 8.04. The van der Waals surface area contributed by atoms with Crippen molar-refractivity contribution in [1.82, 2.24) is 5.32 Å². The van der Waals surface area contributed by atoms with Gasteiger partial charge in [0.2, 0.25) is 5.91 Å². The van der Waals surface area contributed by atoms with E-state index in [0.717, 1.165) is 6.42 Å². The average Bonchev–Trinajstić information content (AvgIpc) is 2.90. The zero-order valence-electron chi connectivity index (χ0n) is 14.2. The van der Waals surface area contributed by atoms with E-state index in [1.807, 2.05) is 6.92 Å². The molecule has 1 fully saturated rings. The van der Waals surface area contributed by atoms with Gasteiger partial charge in [0.1, 0.15) is 0 Å². The lowest BCUT2D eigenvalue weighted by Crippen LogP contribution is -2.34. The molecule has 0 aromatic heterocycles. The summed E-state index contributed by atoms with van der Waals surface area (Å²) in [5, 5.41) is 3.09. The fourth-order valence-corrected chi connectivity index (χ4v) is 4.46. The molecule has 0 saturated carbocycles. The zero-order valence-corrected chi connectivity index (χ0v) is 15.8. The van der Waals surface area contributed by atoms with Crippen LogP contribution in [0.5, 0.6) is 11.5 Å². The van der Waals surface area contributed by atoms with Crippen LogP contribution in [0.4, 0.5) is 0 Å². The van der Waals surface area contributed by atoms with Crippen molar-refractivity contribution in [1.29, 1.82) is 0 Å². The number of methoxy groups -OCH3 is 1. The molecule has 8 heteroatoms. The van der Waals surface area contributed by atoms with E-state index in [1.165, 1.54) is 13.2 Å². The Bertz CT molecular complexity index is 761. The van der Waals surface area contributed by atoms with Crippen LogP contribution in [0.25, 0.3) is 6.08 Å². The predicted molar refractivity (Wildman–Crippen MR) is 98.0 cm³/mol. The van der Waals surface area contributed by atoms with E-state index in [0.29, 0.717) is 35.1 Å². The highest BCUT2D eigenvalue weighted by Gasteiger charge is 2.28. The van der Waals surface area contributed by atoms with Crippen molar-refractivity contribution in [3.05, 3.63) is 28.8 Å². The maximum Gasteiger partial charge on any atom is 0.244 e. The largest absolute Gasteiger partial charge is 0.493 e. The van der Waals surface area contributed by atoms with Crippen LogP contribution in [0.15, 0.2) is 18.2 Å². The standard InChI is InChI=1S/C17H22ClNO5S/c1-3-7-24-17-14(18)9-12(10-15(17)23-2)4-5-16(20)19-13-6-8-25(21,22)11-13/h4-5,9-10,13H,3,6-8,11H2,1-2H3,(H,19,20). The molecule has 2 rings (SSSR count). The Balaban J connectivity index is 2.05. The Hall–Kier alpha value is -1.73. The number of carbonyl (C=O) groups is 1. The summed E-state index contributed by atoms with van der Waals surface area (Å²) in [4.78, 5) is 11.9. The van der Waals surface area contributed by atoms with E-state index in [-0.39, 0.29) is 23.5 Å². The highest BCUT2D eigenvalue weighted by molar-refractivity contribution is 7.91. The summed E-state index contributed by atoms with van der Waals surface area (Å²) in [6, 6.07) is 3.07. The van der Waals surface area contributed by atoms with Crippen molar-refractivity contribution in [3.8, 4) is 11.5 Å². The molecule has 0 aliphatic carbocycles. The molecule has 1 N–H and O–H groups in total. The summed E-state index contributed by atoms with van der Waals surface area (Å²) < 4.78 is 33.7. The SMILES string of the molecule is CCCOc1c(Cl)cc(C=CC(=O)NC2CCS(=O)(=O)C2)cc1OC. The van der Waals surface area contributed by atoms with Crippen LogP contribution in [0.1, 0.15) is 25.3 Å². The van der Waals surface area contributed by atoms with E-state index >= 15 is 0 Å². The average molecular weight is 388 g/mol. The molecular weight excluding hydrogens is 366 g/mol. The van der Waals surface area contributed by atoms with E-state index in [9.17, 15) is 13.2 Å². The van der Waals surface area contributed by atoms with Crippen LogP contribution in [-0.2, 0) is 14.6 Å². The van der Waals surface area contributed by atoms with Crippen molar-refractivity contribution in [2.45, 2.75) is 25.8 Å². The topological polar surface area (TPSA) is 81.7 Å². The van der Waals surface area contributed by atoms with Crippen LogP contribution in [0.2, 0.25) is 5.02 Å². The number of sulfone groups is 1. The molecule has 6 nitrogen and oxygen atoms in total. The third-order valence-electron chi connectivity index (χ3n) is 3.71. The van der Waals surface area contributed by atoms with Gasteiger partial charge < -0.3 is 14.8 Å².